The SMILES string of the molecule is COCc1occ2cc(C#N)ccc12. The first-order valence-electron chi connectivity index (χ1n) is 4.24. The largest absolute Gasteiger partial charge is 0.466 e. The number of nitriles is 1. The minimum atomic E-state index is 0.454. The lowest BCUT2D eigenvalue weighted by atomic mass is 10.1. The number of hydrogen-bond acceptors (Lipinski definition) is 3. The number of ether oxygens (including phenoxy) is 1. The second-order valence-corrected chi connectivity index (χ2v) is 3.01. The zero-order chi connectivity index (χ0) is 9.97. The molecule has 70 valence electrons. The van der Waals surface area contributed by atoms with Crippen LogP contribution in [-0.4, -0.2) is 7.11 Å². The predicted molar refractivity (Wildman–Crippen MR) is 51.6 cm³/mol. The Kier molecular flexibility index (Phi) is 2.21. The predicted octanol–water partition coefficient (Wildman–Crippen LogP) is 2.45. The Morgan fingerprint density at radius 2 is 2.36 bits per heavy atom. The molecule has 1 heterocycles. The maximum Gasteiger partial charge on any atom is 0.137 e. The lowest BCUT2D eigenvalue weighted by Gasteiger charge is -1.94. The van der Waals surface area contributed by atoms with Crippen LogP contribution in [0.4, 0.5) is 0 Å². The number of fused-ring (bicyclic) bond motifs is 1. The average molecular weight is 187 g/mol. The van der Waals surface area contributed by atoms with Gasteiger partial charge in [0.25, 0.3) is 0 Å². The second kappa shape index (κ2) is 3.52. The molecule has 0 unspecified atom stereocenters. The van der Waals surface area contributed by atoms with E-state index in [1.807, 2.05) is 6.07 Å². The molecule has 0 radical (unpaired) electrons. The fraction of sp³-hybridized carbons (Fsp3) is 0.182. The molecule has 14 heavy (non-hydrogen) atoms. The van der Waals surface area contributed by atoms with E-state index in [0.717, 1.165) is 16.5 Å². The molecule has 0 saturated carbocycles. The van der Waals surface area contributed by atoms with Crippen molar-refractivity contribution < 1.29 is 9.15 Å². The smallest absolute Gasteiger partial charge is 0.137 e. The number of hydrogen-bond donors (Lipinski definition) is 0. The summed E-state index contributed by atoms with van der Waals surface area (Å²) < 4.78 is 10.3. The van der Waals surface area contributed by atoms with Gasteiger partial charge >= 0.3 is 0 Å². The zero-order valence-electron chi connectivity index (χ0n) is 7.78. The van der Waals surface area contributed by atoms with Crippen LogP contribution in [0.25, 0.3) is 10.8 Å². The molecule has 3 nitrogen and oxygen atoms in total. The van der Waals surface area contributed by atoms with Gasteiger partial charge in [0.2, 0.25) is 0 Å². The fourth-order valence-electron chi connectivity index (χ4n) is 1.42. The van der Waals surface area contributed by atoms with E-state index >= 15 is 0 Å². The molecule has 0 N–H and O–H groups in total. The fourth-order valence-corrected chi connectivity index (χ4v) is 1.42. The highest BCUT2D eigenvalue weighted by Crippen LogP contribution is 2.22. The second-order valence-electron chi connectivity index (χ2n) is 3.01. The van der Waals surface area contributed by atoms with Crippen molar-refractivity contribution in [3.63, 3.8) is 0 Å². The summed E-state index contributed by atoms with van der Waals surface area (Å²) in [6, 6.07) is 7.55. The monoisotopic (exact) mass is 187 g/mol. The Morgan fingerprint density at radius 1 is 1.50 bits per heavy atom. The van der Waals surface area contributed by atoms with E-state index in [2.05, 4.69) is 6.07 Å². The van der Waals surface area contributed by atoms with Gasteiger partial charge in [-0.15, -0.1) is 0 Å². The highest BCUT2D eigenvalue weighted by Gasteiger charge is 2.05. The van der Waals surface area contributed by atoms with Crippen molar-refractivity contribution in [2.75, 3.05) is 7.11 Å². The summed E-state index contributed by atoms with van der Waals surface area (Å²) in [5.41, 5.74) is 0.641. The molecular weight excluding hydrogens is 178 g/mol. The molecule has 0 saturated heterocycles. The van der Waals surface area contributed by atoms with Gasteiger partial charge in [0, 0.05) is 17.9 Å². The first-order chi connectivity index (χ1) is 6.85. The standard InChI is InChI=1S/C11H9NO2/c1-13-7-11-10-3-2-8(5-12)4-9(10)6-14-11/h2-4,6H,7H2,1H3. The quantitative estimate of drug-likeness (QED) is 0.725. The van der Waals surface area contributed by atoms with Crippen LogP contribution in [0.2, 0.25) is 0 Å². The molecule has 0 aliphatic rings. The van der Waals surface area contributed by atoms with Gasteiger partial charge in [0.15, 0.2) is 0 Å². The highest BCUT2D eigenvalue weighted by atomic mass is 16.5. The van der Waals surface area contributed by atoms with Crippen molar-refractivity contribution >= 4 is 10.8 Å². The highest BCUT2D eigenvalue weighted by molar-refractivity contribution is 5.85. The van der Waals surface area contributed by atoms with Gasteiger partial charge in [-0.2, -0.15) is 5.26 Å². The molecule has 0 aliphatic heterocycles. The summed E-state index contributed by atoms with van der Waals surface area (Å²) in [5, 5.41) is 10.6. The van der Waals surface area contributed by atoms with E-state index in [4.69, 9.17) is 14.4 Å². The molecule has 0 fully saturated rings. The van der Waals surface area contributed by atoms with Crippen LogP contribution in [0.1, 0.15) is 11.3 Å². The summed E-state index contributed by atoms with van der Waals surface area (Å²) in [4.78, 5) is 0. The third-order valence-electron chi connectivity index (χ3n) is 2.08. The third kappa shape index (κ3) is 1.36. The van der Waals surface area contributed by atoms with E-state index < -0.39 is 0 Å². The number of benzene rings is 1. The number of nitrogens with zero attached hydrogens (tertiary/aromatic N) is 1. The van der Waals surface area contributed by atoms with Crippen LogP contribution in [0.3, 0.4) is 0 Å². The van der Waals surface area contributed by atoms with Crippen molar-refractivity contribution in [1.29, 1.82) is 5.26 Å². The number of rotatable bonds is 2. The van der Waals surface area contributed by atoms with E-state index in [1.54, 1.807) is 25.5 Å². The third-order valence-corrected chi connectivity index (χ3v) is 2.08. The maximum absolute atomic E-state index is 8.70. The first-order valence-corrected chi connectivity index (χ1v) is 4.24. The van der Waals surface area contributed by atoms with Crippen LogP contribution >= 0.6 is 0 Å². The minimum Gasteiger partial charge on any atom is -0.466 e. The molecule has 0 atom stereocenters. The van der Waals surface area contributed by atoms with Gasteiger partial charge in [-0.1, -0.05) is 0 Å². The molecule has 2 aromatic rings. The Bertz CT molecular complexity index is 493. The van der Waals surface area contributed by atoms with Crippen LogP contribution in [-0.2, 0) is 11.3 Å². The van der Waals surface area contributed by atoms with Gasteiger partial charge in [-0.3, -0.25) is 0 Å². The van der Waals surface area contributed by atoms with E-state index in [1.165, 1.54) is 0 Å². The molecule has 1 aromatic carbocycles. The number of furan rings is 1. The minimum absolute atomic E-state index is 0.454. The normalized spacial score (nSPS) is 10.3. The Labute approximate surface area is 81.5 Å². The summed E-state index contributed by atoms with van der Waals surface area (Å²) >= 11 is 0. The van der Waals surface area contributed by atoms with E-state index in [-0.39, 0.29) is 0 Å². The Morgan fingerprint density at radius 3 is 3.07 bits per heavy atom. The van der Waals surface area contributed by atoms with Crippen LogP contribution in [0.5, 0.6) is 0 Å². The summed E-state index contributed by atoms with van der Waals surface area (Å²) in [7, 11) is 1.62. The van der Waals surface area contributed by atoms with Crippen molar-refractivity contribution in [2.24, 2.45) is 0 Å². The van der Waals surface area contributed by atoms with Crippen molar-refractivity contribution in [1.82, 2.24) is 0 Å². The average Bonchev–Trinajstić information content (AvgIpc) is 2.61. The van der Waals surface area contributed by atoms with Gasteiger partial charge in [0.05, 0.1) is 17.9 Å². The van der Waals surface area contributed by atoms with Crippen molar-refractivity contribution in [2.45, 2.75) is 6.61 Å². The first kappa shape index (κ1) is 8.79. The zero-order valence-corrected chi connectivity index (χ0v) is 7.78. The topological polar surface area (TPSA) is 46.2 Å². The molecule has 3 heteroatoms. The van der Waals surface area contributed by atoms with E-state index in [0.29, 0.717) is 12.2 Å². The molecule has 0 amide bonds. The Balaban J connectivity index is 2.55. The Hall–Kier alpha value is -1.79. The maximum atomic E-state index is 8.70. The number of methoxy groups -OCH3 is 1. The molecule has 2 rings (SSSR count). The van der Waals surface area contributed by atoms with Crippen LogP contribution < -0.4 is 0 Å². The van der Waals surface area contributed by atoms with Crippen LogP contribution in [0.15, 0.2) is 28.9 Å². The summed E-state index contributed by atoms with van der Waals surface area (Å²) in [6.45, 7) is 0.454. The lowest BCUT2D eigenvalue weighted by Crippen LogP contribution is -1.84. The summed E-state index contributed by atoms with van der Waals surface area (Å²) in [6.07, 6.45) is 1.64. The van der Waals surface area contributed by atoms with Gasteiger partial charge < -0.3 is 9.15 Å². The molecule has 0 aliphatic carbocycles. The lowest BCUT2D eigenvalue weighted by molar-refractivity contribution is 0.166. The summed E-state index contributed by atoms with van der Waals surface area (Å²) in [5.74, 6) is 0.798. The van der Waals surface area contributed by atoms with E-state index in [9.17, 15) is 0 Å². The molecule has 1 aromatic heterocycles. The molecular formula is C11H9NO2. The molecule has 0 spiro atoms. The van der Waals surface area contributed by atoms with Gasteiger partial charge in [-0.05, 0) is 18.2 Å². The van der Waals surface area contributed by atoms with Gasteiger partial charge in [-0.25, -0.2) is 0 Å². The van der Waals surface area contributed by atoms with Crippen molar-refractivity contribution in [3.05, 3.63) is 35.8 Å². The van der Waals surface area contributed by atoms with Crippen molar-refractivity contribution in [3.8, 4) is 6.07 Å². The van der Waals surface area contributed by atoms with Crippen LogP contribution in [0, 0.1) is 11.3 Å². The van der Waals surface area contributed by atoms with Gasteiger partial charge in [0.1, 0.15) is 12.4 Å². The molecule has 0 bridgehead atoms.